The molecule has 32 heavy (non-hydrogen) atoms. The van der Waals surface area contributed by atoms with Gasteiger partial charge in [0.25, 0.3) is 0 Å². The number of nitrogens with one attached hydrogen (secondary N) is 1. The molecule has 2 aromatic rings. The van der Waals surface area contributed by atoms with E-state index in [1.165, 1.54) is 0 Å². The number of aliphatic hydroxyl groups excluding tert-OH is 1. The summed E-state index contributed by atoms with van der Waals surface area (Å²) in [5.74, 6) is -2.21. The molecule has 2 saturated heterocycles. The van der Waals surface area contributed by atoms with E-state index >= 15 is 0 Å². The second kappa shape index (κ2) is 9.55. The van der Waals surface area contributed by atoms with Crippen LogP contribution >= 0.6 is 0 Å². The van der Waals surface area contributed by atoms with E-state index in [0.29, 0.717) is 5.56 Å². The molecule has 1 amide bonds. The summed E-state index contributed by atoms with van der Waals surface area (Å²) in [4.78, 5) is 11.6. The smallest absolute Gasteiger partial charge is 0.388 e. The number of carbonyl (C=O) groups is 1. The third-order valence-corrected chi connectivity index (χ3v) is 5.25. The van der Waals surface area contributed by atoms with Crippen LogP contribution in [0.4, 0.5) is 13.2 Å². The number of alkyl halides is 3. The van der Waals surface area contributed by atoms with E-state index < -0.39 is 49.0 Å². The first kappa shape index (κ1) is 22.7. The molecule has 0 bridgehead atoms. The lowest BCUT2D eigenvalue weighted by atomic mass is 9.95. The number of benzene rings is 2. The van der Waals surface area contributed by atoms with E-state index in [2.05, 4.69) is 0 Å². The van der Waals surface area contributed by atoms with Gasteiger partial charge in [-0.1, -0.05) is 60.7 Å². The Morgan fingerprint density at radius 2 is 1.72 bits per heavy atom. The van der Waals surface area contributed by atoms with E-state index in [-0.39, 0.29) is 13.2 Å². The molecule has 2 heterocycles. The Morgan fingerprint density at radius 1 is 1.06 bits per heavy atom. The lowest BCUT2D eigenvalue weighted by Gasteiger charge is -2.47. The quantitative estimate of drug-likeness (QED) is 0.724. The monoisotopic (exact) mass is 453 g/mol. The van der Waals surface area contributed by atoms with Crippen molar-refractivity contribution in [3.63, 3.8) is 0 Å². The number of ether oxygens (including phenoxy) is 4. The highest BCUT2D eigenvalue weighted by Gasteiger charge is 2.52. The summed E-state index contributed by atoms with van der Waals surface area (Å²) >= 11 is 0. The van der Waals surface area contributed by atoms with E-state index in [1.807, 2.05) is 6.07 Å². The van der Waals surface area contributed by atoms with Gasteiger partial charge in [-0.25, -0.2) is 0 Å². The first-order valence-electron chi connectivity index (χ1n) is 10.0. The standard InChI is InChI=1S/C22H22F3NO6/c23-22(24,25)21(28)26-16-17(27)18-15(12-30-19(32-18)14-9-5-2-6-10-14)31-20(16)29-11-13-7-3-1-4-8-13/h1-10,15-20,27H,11-12H2,(H,26,28)/t15?,16?,17-,18+,19?,20-/m1/s1. The van der Waals surface area contributed by atoms with Crippen LogP contribution < -0.4 is 5.32 Å². The third kappa shape index (κ3) is 5.11. The van der Waals surface area contributed by atoms with Crippen LogP contribution in [0, 0.1) is 0 Å². The number of aliphatic hydroxyl groups is 1. The lowest BCUT2D eigenvalue weighted by molar-refractivity contribution is -0.346. The number of hydrogen-bond donors (Lipinski definition) is 2. The Morgan fingerprint density at radius 3 is 2.38 bits per heavy atom. The predicted molar refractivity (Wildman–Crippen MR) is 104 cm³/mol. The molecule has 6 atom stereocenters. The summed E-state index contributed by atoms with van der Waals surface area (Å²) in [6.45, 7) is 0.0226. The maximum atomic E-state index is 12.9. The molecule has 2 fully saturated rings. The first-order chi connectivity index (χ1) is 15.3. The Labute approximate surface area is 182 Å². The Balaban J connectivity index is 1.51. The van der Waals surface area contributed by atoms with Crippen molar-refractivity contribution in [3.8, 4) is 0 Å². The first-order valence-corrected chi connectivity index (χ1v) is 10.0. The summed E-state index contributed by atoms with van der Waals surface area (Å²) in [6, 6.07) is 16.3. The highest BCUT2D eigenvalue weighted by Crippen LogP contribution is 2.35. The average molecular weight is 453 g/mol. The minimum atomic E-state index is -5.14. The zero-order chi connectivity index (χ0) is 22.7. The minimum Gasteiger partial charge on any atom is -0.388 e. The molecule has 10 heteroatoms. The van der Waals surface area contributed by atoms with Gasteiger partial charge in [0.1, 0.15) is 24.4 Å². The summed E-state index contributed by atoms with van der Waals surface area (Å²) < 4.78 is 61.6. The Bertz CT molecular complexity index is 898. The van der Waals surface area contributed by atoms with Gasteiger partial charge in [0.05, 0.1) is 13.2 Å². The Hall–Kier alpha value is -2.50. The Kier molecular flexibility index (Phi) is 6.77. The van der Waals surface area contributed by atoms with Crippen LogP contribution in [-0.4, -0.2) is 54.4 Å². The molecule has 2 aliphatic rings. The molecule has 0 aromatic heterocycles. The van der Waals surface area contributed by atoms with Gasteiger partial charge in [0.15, 0.2) is 12.6 Å². The van der Waals surface area contributed by atoms with E-state index in [1.54, 1.807) is 59.9 Å². The maximum Gasteiger partial charge on any atom is 0.471 e. The molecule has 0 aliphatic carbocycles. The van der Waals surface area contributed by atoms with Gasteiger partial charge >= 0.3 is 12.1 Å². The van der Waals surface area contributed by atoms with Crippen LogP contribution in [0.2, 0.25) is 0 Å². The van der Waals surface area contributed by atoms with Crippen molar-refractivity contribution >= 4 is 5.91 Å². The number of hydrogen-bond acceptors (Lipinski definition) is 6. The maximum absolute atomic E-state index is 12.9. The van der Waals surface area contributed by atoms with Gasteiger partial charge in [-0.15, -0.1) is 0 Å². The van der Waals surface area contributed by atoms with E-state index in [9.17, 15) is 23.1 Å². The van der Waals surface area contributed by atoms with E-state index in [0.717, 1.165) is 5.56 Å². The predicted octanol–water partition coefficient (Wildman–Crippen LogP) is 2.45. The number of fused-ring (bicyclic) bond motifs is 1. The van der Waals surface area contributed by atoms with Gasteiger partial charge in [-0.05, 0) is 5.56 Å². The topological polar surface area (TPSA) is 86.3 Å². The fourth-order valence-electron chi connectivity index (χ4n) is 3.65. The van der Waals surface area contributed by atoms with Gasteiger partial charge in [0, 0.05) is 5.56 Å². The number of halogens is 3. The molecule has 0 saturated carbocycles. The van der Waals surface area contributed by atoms with Crippen molar-refractivity contribution in [1.82, 2.24) is 5.32 Å². The van der Waals surface area contributed by atoms with Crippen molar-refractivity contribution in [2.45, 2.75) is 49.7 Å². The van der Waals surface area contributed by atoms with Crippen molar-refractivity contribution in [2.24, 2.45) is 0 Å². The zero-order valence-corrected chi connectivity index (χ0v) is 16.8. The average Bonchev–Trinajstić information content (AvgIpc) is 2.80. The highest BCUT2D eigenvalue weighted by molar-refractivity contribution is 5.82. The van der Waals surface area contributed by atoms with Crippen molar-refractivity contribution < 1.29 is 42.0 Å². The number of amides is 1. The molecule has 172 valence electrons. The van der Waals surface area contributed by atoms with Gasteiger partial charge in [-0.3, -0.25) is 4.79 Å². The SMILES string of the molecule is O=C(NC1[C@H](OCc2ccccc2)OC2COC(c3ccccc3)O[C@@H]2[C@@H]1O)C(F)(F)F. The molecule has 0 spiro atoms. The van der Waals surface area contributed by atoms with Crippen LogP contribution in [0.3, 0.4) is 0 Å². The largest absolute Gasteiger partial charge is 0.471 e. The van der Waals surface area contributed by atoms with Crippen LogP contribution in [0.5, 0.6) is 0 Å². The molecular weight excluding hydrogens is 431 g/mol. The van der Waals surface area contributed by atoms with Gasteiger partial charge in [0.2, 0.25) is 0 Å². The molecule has 7 nitrogen and oxygen atoms in total. The van der Waals surface area contributed by atoms with E-state index in [4.69, 9.17) is 18.9 Å². The fraction of sp³-hybridized carbons (Fsp3) is 0.409. The van der Waals surface area contributed by atoms with Crippen molar-refractivity contribution in [3.05, 3.63) is 71.8 Å². The van der Waals surface area contributed by atoms with Crippen molar-refractivity contribution in [1.29, 1.82) is 0 Å². The molecular formula is C22H22F3NO6. The summed E-state index contributed by atoms with van der Waals surface area (Å²) in [5, 5.41) is 12.7. The van der Waals surface area contributed by atoms with Crippen molar-refractivity contribution in [2.75, 3.05) is 6.61 Å². The summed E-state index contributed by atoms with van der Waals surface area (Å²) in [5.41, 5.74) is 1.42. The lowest BCUT2D eigenvalue weighted by Crippen LogP contribution is -2.67. The van der Waals surface area contributed by atoms with Crippen LogP contribution in [0.25, 0.3) is 0 Å². The molecule has 0 radical (unpaired) electrons. The summed E-state index contributed by atoms with van der Waals surface area (Å²) in [6.07, 6.45) is -10.7. The molecule has 2 N–H and O–H groups in total. The van der Waals surface area contributed by atoms with Gasteiger partial charge in [-0.2, -0.15) is 13.2 Å². The molecule has 4 rings (SSSR count). The summed E-state index contributed by atoms with van der Waals surface area (Å²) in [7, 11) is 0. The van der Waals surface area contributed by atoms with Crippen LogP contribution in [-0.2, 0) is 30.3 Å². The normalized spacial score (nSPS) is 30.4. The van der Waals surface area contributed by atoms with Crippen LogP contribution in [0.15, 0.2) is 60.7 Å². The molecule has 2 aromatic carbocycles. The third-order valence-electron chi connectivity index (χ3n) is 5.25. The second-order valence-electron chi connectivity index (χ2n) is 7.50. The van der Waals surface area contributed by atoms with Gasteiger partial charge < -0.3 is 29.4 Å². The molecule has 2 aliphatic heterocycles. The zero-order valence-electron chi connectivity index (χ0n) is 16.8. The number of carbonyl (C=O) groups excluding carboxylic acids is 1. The van der Waals surface area contributed by atoms with Crippen LogP contribution in [0.1, 0.15) is 17.4 Å². The number of rotatable bonds is 5. The minimum absolute atomic E-state index is 0.00234. The second-order valence-corrected chi connectivity index (χ2v) is 7.50. The highest BCUT2D eigenvalue weighted by atomic mass is 19.4. The molecule has 3 unspecified atom stereocenters. The fourth-order valence-corrected chi connectivity index (χ4v) is 3.65.